The Bertz CT molecular complexity index is 1180. The van der Waals surface area contributed by atoms with Crippen LogP contribution in [0.5, 0.6) is 0 Å². The van der Waals surface area contributed by atoms with Crippen molar-refractivity contribution in [1.29, 1.82) is 0 Å². The lowest BCUT2D eigenvalue weighted by atomic mass is 10.1. The Morgan fingerprint density at radius 3 is 2.33 bits per heavy atom. The minimum atomic E-state index is -4.12. The van der Waals surface area contributed by atoms with E-state index in [1.807, 2.05) is 0 Å². The average molecular weight is 403 g/mol. The lowest BCUT2D eigenvalue weighted by Gasteiger charge is -2.12. The molecule has 2 amide bonds. The van der Waals surface area contributed by atoms with E-state index in [-0.39, 0.29) is 26.6 Å². The third-order valence-corrected chi connectivity index (χ3v) is 6.00. The van der Waals surface area contributed by atoms with Crippen molar-refractivity contribution in [2.24, 2.45) is 0 Å². The number of sulfone groups is 1. The second-order valence-electron chi connectivity index (χ2n) is 5.56. The highest BCUT2D eigenvalue weighted by Gasteiger charge is 2.39. The van der Waals surface area contributed by atoms with Crippen molar-refractivity contribution in [3.8, 4) is 0 Å². The number of hydrogen-bond acceptors (Lipinski definition) is 9. The number of carbonyl (C=O) groups excluding carboxylic acids is 3. The number of nitrogens with zero attached hydrogens (tertiary/aromatic N) is 3. The van der Waals surface area contributed by atoms with Crippen LogP contribution in [0.2, 0.25) is 0 Å². The van der Waals surface area contributed by atoms with Crippen molar-refractivity contribution in [3.63, 3.8) is 0 Å². The number of carbonyl (C=O) groups is 3. The van der Waals surface area contributed by atoms with Gasteiger partial charge in [0.25, 0.3) is 11.8 Å². The van der Waals surface area contributed by atoms with Crippen LogP contribution < -0.4 is 0 Å². The Labute approximate surface area is 156 Å². The number of imide groups is 1. The van der Waals surface area contributed by atoms with Crippen LogP contribution in [0.3, 0.4) is 0 Å². The third-order valence-electron chi connectivity index (χ3n) is 3.84. The molecule has 0 unspecified atom stereocenters. The van der Waals surface area contributed by atoms with E-state index in [0.717, 1.165) is 11.7 Å². The molecule has 0 spiro atoms. The van der Waals surface area contributed by atoms with Crippen LogP contribution in [0.1, 0.15) is 20.7 Å². The molecule has 0 fully saturated rings. The maximum atomic E-state index is 12.6. The summed E-state index contributed by atoms with van der Waals surface area (Å²) in [6.07, 6.45) is 0. The van der Waals surface area contributed by atoms with Crippen molar-refractivity contribution in [2.45, 2.75) is 4.90 Å². The van der Waals surface area contributed by atoms with Crippen molar-refractivity contribution < 1.29 is 27.6 Å². The summed E-state index contributed by atoms with van der Waals surface area (Å²) in [6, 6.07) is 10.3. The zero-order valence-corrected chi connectivity index (χ0v) is 15.0. The minimum absolute atomic E-state index is 0.0801. The van der Waals surface area contributed by atoms with E-state index in [0.29, 0.717) is 5.52 Å². The molecule has 3 aromatic rings. The van der Waals surface area contributed by atoms with E-state index in [9.17, 15) is 22.8 Å². The summed E-state index contributed by atoms with van der Waals surface area (Å²) in [5, 5.41) is 0.271. The quantitative estimate of drug-likeness (QED) is 0.596. The Hall–Kier alpha value is -3.18. The smallest absolute Gasteiger partial charge is 0.329 e. The number of rotatable bonds is 4. The van der Waals surface area contributed by atoms with Gasteiger partial charge in [-0.05, 0) is 24.3 Å². The molecule has 2 heterocycles. The van der Waals surface area contributed by atoms with Gasteiger partial charge in [0, 0.05) is 0 Å². The van der Waals surface area contributed by atoms with Gasteiger partial charge in [-0.3, -0.25) is 9.59 Å². The molecule has 0 bridgehead atoms. The molecule has 0 N–H and O–H groups in total. The summed E-state index contributed by atoms with van der Waals surface area (Å²) >= 11 is 0.844. The normalized spacial score (nSPS) is 13.9. The molecule has 2 aromatic carbocycles. The Morgan fingerprint density at radius 2 is 1.67 bits per heavy atom. The van der Waals surface area contributed by atoms with E-state index in [2.05, 4.69) is 8.75 Å². The van der Waals surface area contributed by atoms with Gasteiger partial charge in [0.1, 0.15) is 11.0 Å². The summed E-state index contributed by atoms with van der Waals surface area (Å²) in [5.74, 6) is -3.97. The van der Waals surface area contributed by atoms with Gasteiger partial charge in [0.2, 0.25) is 0 Å². The molecule has 0 saturated heterocycles. The monoisotopic (exact) mass is 403 g/mol. The van der Waals surface area contributed by atoms with Gasteiger partial charge in [0.05, 0.1) is 27.8 Å². The van der Waals surface area contributed by atoms with E-state index >= 15 is 0 Å². The highest BCUT2D eigenvalue weighted by atomic mass is 32.2. The van der Waals surface area contributed by atoms with E-state index in [1.54, 1.807) is 18.2 Å². The molecule has 0 radical (unpaired) electrons. The van der Waals surface area contributed by atoms with Gasteiger partial charge in [-0.15, -0.1) is 0 Å². The number of fused-ring (bicyclic) bond motifs is 2. The second kappa shape index (κ2) is 6.21. The molecule has 0 aliphatic carbocycles. The molecule has 1 aromatic heterocycles. The SMILES string of the molecule is O=C(CS(=O)(=O)c1cccc2nsnc12)ON1C(=O)c2ccccc2C1=O. The molecule has 1 aliphatic rings. The number of amides is 2. The number of hydroxylamine groups is 2. The second-order valence-corrected chi connectivity index (χ2v) is 8.05. The standard InChI is InChI=1S/C16H9N3O6S2/c20-13(25-19-15(21)9-4-1-2-5-10(9)16(19)22)8-27(23,24)12-7-3-6-11-14(12)18-26-17-11/h1-7H,8H2. The van der Waals surface area contributed by atoms with Crippen molar-refractivity contribution >= 4 is 50.4 Å². The average Bonchev–Trinajstić information content (AvgIpc) is 3.20. The van der Waals surface area contributed by atoms with Crippen LogP contribution in [-0.2, 0) is 19.5 Å². The maximum Gasteiger partial charge on any atom is 0.348 e. The van der Waals surface area contributed by atoms with E-state index in [1.165, 1.54) is 24.3 Å². The van der Waals surface area contributed by atoms with Crippen LogP contribution >= 0.6 is 11.7 Å². The van der Waals surface area contributed by atoms with Crippen LogP contribution in [-0.4, -0.2) is 45.8 Å². The predicted molar refractivity (Wildman–Crippen MR) is 92.5 cm³/mol. The fourth-order valence-electron chi connectivity index (χ4n) is 2.64. The van der Waals surface area contributed by atoms with Crippen LogP contribution in [0, 0.1) is 0 Å². The van der Waals surface area contributed by atoms with Crippen molar-refractivity contribution in [3.05, 3.63) is 53.6 Å². The Balaban J connectivity index is 1.56. The lowest BCUT2D eigenvalue weighted by molar-refractivity contribution is -0.165. The first-order valence-corrected chi connectivity index (χ1v) is 9.89. The first-order valence-electron chi connectivity index (χ1n) is 7.51. The van der Waals surface area contributed by atoms with Crippen LogP contribution in [0.4, 0.5) is 0 Å². The Kier molecular flexibility index (Phi) is 3.97. The molecular weight excluding hydrogens is 394 g/mol. The molecular formula is C16H9N3O6S2. The molecule has 9 nitrogen and oxygen atoms in total. The van der Waals surface area contributed by atoms with E-state index in [4.69, 9.17) is 4.84 Å². The van der Waals surface area contributed by atoms with Gasteiger partial charge in [-0.1, -0.05) is 23.3 Å². The summed E-state index contributed by atoms with van der Waals surface area (Å²) in [7, 11) is -4.12. The van der Waals surface area contributed by atoms with Gasteiger partial charge in [0.15, 0.2) is 15.6 Å². The van der Waals surface area contributed by atoms with Crippen molar-refractivity contribution in [2.75, 3.05) is 5.75 Å². The molecule has 1 aliphatic heterocycles. The van der Waals surface area contributed by atoms with Crippen molar-refractivity contribution in [1.82, 2.24) is 13.8 Å². The molecule has 0 saturated carbocycles. The van der Waals surface area contributed by atoms with E-state index < -0.39 is 33.4 Å². The summed E-state index contributed by atoms with van der Waals surface area (Å²) in [6.45, 7) is 0. The molecule has 27 heavy (non-hydrogen) atoms. The lowest BCUT2D eigenvalue weighted by Crippen LogP contribution is -2.35. The maximum absolute atomic E-state index is 12.6. The largest absolute Gasteiger partial charge is 0.348 e. The molecule has 4 rings (SSSR count). The van der Waals surface area contributed by atoms with Gasteiger partial charge < -0.3 is 4.84 Å². The zero-order chi connectivity index (χ0) is 19.2. The fraction of sp³-hybridized carbons (Fsp3) is 0.0625. The first-order chi connectivity index (χ1) is 12.9. The first kappa shape index (κ1) is 17.2. The summed E-state index contributed by atoms with van der Waals surface area (Å²) in [5.41, 5.74) is 0.693. The molecule has 136 valence electrons. The molecule has 11 heteroatoms. The number of benzene rings is 2. The van der Waals surface area contributed by atoms with Gasteiger partial charge in [-0.25, -0.2) is 13.2 Å². The number of aromatic nitrogens is 2. The summed E-state index contributed by atoms with van der Waals surface area (Å²) < 4.78 is 33.0. The highest BCUT2D eigenvalue weighted by molar-refractivity contribution is 7.92. The molecule has 0 atom stereocenters. The third kappa shape index (κ3) is 2.86. The predicted octanol–water partition coefficient (Wildman–Crippen LogP) is 1.22. The van der Waals surface area contributed by atoms with Gasteiger partial charge in [-0.2, -0.15) is 8.75 Å². The zero-order valence-electron chi connectivity index (χ0n) is 13.4. The Morgan fingerprint density at radius 1 is 1.00 bits per heavy atom. The fourth-order valence-corrected chi connectivity index (χ4v) is 4.50. The topological polar surface area (TPSA) is 124 Å². The minimum Gasteiger partial charge on any atom is -0.329 e. The number of hydrogen-bond donors (Lipinski definition) is 0. The van der Waals surface area contributed by atoms with Gasteiger partial charge >= 0.3 is 5.97 Å². The van der Waals surface area contributed by atoms with Crippen LogP contribution in [0.25, 0.3) is 11.0 Å². The highest BCUT2D eigenvalue weighted by Crippen LogP contribution is 2.24. The summed E-state index contributed by atoms with van der Waals surface area (Å²) in [4.78, 5) is 41.1. The van der Waals surface area contributed by atoms with Crippen LogP contribution in [0.15, 0.2) is 47.4 Å².